The molecule has 1 saturated heterocycles. The van der Waals surface area contributed by atoms with Gasteiger partial charge in [0, 0.05) is 16.7 Å². The molecule has 2 heterocycles. The number of aromatic nitrogens is 3. The summed E-state index contributed by atoms with van der Waals surface area (Å²) in [6.07, 6.45) is 1.82. The van der Waals surface area contributed by atoms with Gasteiger partial charge >= 0.3 is 7.12 Å². The van der Waals surface area contributed by atoms with E-state index in [0.717, 1.165) is 27.7 Å². The first-order valence-electron chi connectivity index (χ1n) is 11.8. The molecule has 0 saturated carbocycles. The highest BCUT2D eigenvalue weighted by Crippen LogP contribution is 2.37. The summed E-state index contributed by atoms with van der Waals surface area (Å²) in [6, 6.07) is 26.0. The molecule has 1 aliphatic rings. The second-order valence-corrected chi connectivity index (χ2v) is 9.68. The van der Waals surface area contributed by atoms with Crippen molar-refractivity contribution < 1.29 is 9.31 Å². The summed E-state index contributed by atoms with van der Waals surface area (Å²) < 4.78 is 12.6. The summed E-state index contributed by atoms with van der Waals surface area (Å²) in [6.45, 7) is 12.2. The maximum Gasteiger partial charge on any atom is 0.494 e. The Morgan fingerprint density at radius 2 is 1.17 bits per heavy atom. The lowest BCUT2D eigenvalue weighted by atomic mass is 9.77. The first-order chi connectivity index (χ1) is 16.8. The van der Waals surface area contributed by atoms with Crippen LogP contribution in [0.3, 0.4) is 0 Å². The Hall–Kier alpha value is -3.61. The molecular weight excluding hydrogens is 433 g/mol. The van der Waals surface area contributed by atoms with Crippen molar-refractivity contribution in [3.63, 3.8) is 0 Å². The minimum atomic E-state index is -0.485. The Labute approximate surface area is 207 Å². The number of benzene rings is 3. The standard InChI is InChI=1S/C29H28BN3O2/c1-6-20-17-18-23(30-34-28(2,3)29(4,5)35-30)19-24(20)27-32-25(21-13-9-7-10-14-21)31-26(33-27)22-15-11-8-12-16-22/h6-19H,1H2,2-5H3. The van der Waals surface area contributed by atoms with E-state index in [2.05, 4.69) is 34.3 Å². The lowest BCUT2D eigenvalue weighted by Gasteiger charge is -2.32. The van der Waals surface area contributed by atoms with Gasteiger partial charge in [0.2, 0.25) is 0 Å². The third-order valence-corrected chi connectivity index (χ3v) is 6.76. The van der Waals surface area contributed by atoms with E-state index in [4.69, 9.17) is 24.3 Å². The van der Waals surface area contributed by atoms with E-state index in [1.54, 1.807) is 0 Å². The molecule has 35 heavy (non-hydrogen) atoms. The smallest absolute Gasteiger partial charge is 0.399 e. The van der Waals surface area contributed by atoms with Crippen molar-refractivity contribution in [2.24, 2.45) is 0 Å². The molecule has 0 bridgehead atoms. The number of hydrogen-bond acceptors (Lipinski definition) is 5. The average molecular weight is 461 g/mol. The molecule has 0 aliphatic carbocycles. The molecule has 0 amide bonds. The molecule has 1 aromatic heterocycles. The first-order valence-corrected chi connectivity index (χ1v) is 11.8. The molecule has 174 valence electrons. The molecule has 5 rings (SSSR count). The predicted octanol–water partition coefficient (Wildman–Crippen LogP) is 5.81. The van der Waals surface area contributed by atoms with Crippen LogP contribution in [0.1, 0.15) is 33.3 Å². The van der Waals surface area contributed by atoms with E-state index in [9.17, 15) is 0 Å². The summed E-state index contributed by atoms with van der Waals surface area (Å²) in [5, 5.41) is 0. The van der Waals surface area contributed by atoms with Crippen molar-refractivity contribution in [3.05, 3.63) is 91.0 Å². The Kier molecular flexibility index (Phi) is 5.87. The van der Waals surface area contributed by atoms with Gasteiger partial charge in [-0.25, -0.2) is 15.0 Å². The molecule has 1 aliphatic heterocycles. The van der Waals surface area contributed by atoms with Crippen LogP contribution < -0.4 is 5.46 Å². The van der Waals surface area contributed by atoms with E-state index in [-0.39, 0.29) is 0 Å². The van der Waals surface area contributed by atoms with Crippen LogP contribution in [-0.2, 0) is 9.31 Å². The van der Waals surface area contributed by atoms with Crippen LogP contribution in [-0.4, -0.2) is 33.3 Å². The minimum absolute atomic E-state index is 0.428. The Bertz CT molecular complexity index is 1300. The maximum absolute atomic E-state index is 6.30. The molecule has 0 atom stereocenters. The highest BCUT2D eigenvalue weighted by atomic mass is 16.7. The van der Waals surface area contributed by atoms with E-state index in [0.29, 0.717) is 17.5 Å². The lowest BCUT2D eigenvalue weighted by Crippen LogP contribution is -2.41. The average Bonchev–Trinajstić information content (AvgIpc) is 3.11. The van der Waals surface area contributed by atoms with Gasteiger partial charge in [-0.05, 0) is 38.7 Å². The molecule has 3 aromatic carbocycles. The fourth-order valence-electron chi connectivity index (χ4n) is 4.00. The summed E-state index contributed by atoms with van der Waals surface area (Å²) in [5.74, 6) is 1.81. The van der Waals surface area contributed by atoms with Gasteiger partial charge in [-0.3, -0.25) is 0 Å². The van der Waals surface area contributed by atoms with Gasteiger partial charge in [-0.2, -0.15) is 0 Å². The molecule has 1 fully saturated rings. The first kappa shape index (κ1) is 23.2. The zero-order valence-electron chi connectivity index (χ0n) is 20.5. The van der Waals surface area contributed by atoms with Gasteiger partial charge in [-0.15, -0.1) is 0 Å². The summed E-state index contributed by atoms with van der Waals surface area (Å²) in [4.78, 5) is 14.6. The van der Waals surface area contributed by atoms with Gasteiger partial charge in [0.1, 0.15) is 0 Å². The highest BCUT2D eigenvalue weighted by Gasteiger charge is 2.51. The maximum atomic E-state index is 6.30. The van der Waals surface area contributed by atoms with Crippen molar-refractivity contribution >= 4 is 18.7 Å². The van der Waals surface area contributed by atoms with E-state index in [1.165, 1.54) is 0 Å². The van der Waals surface area contributed by atoms with Crippen LogP contribution in [0.5, 0.6) is 0 Å². The van der Waals surface area contributed by atoms with Crippen molar-refractivity contribution in [1.29, 1.82) is 0 Å². The molecular formula is C29H28BN3O2. The summed E-state index contributed by atoms with van der Waals surface area (Å²) >= 11 is 0. The number of hydrogen-bond donors (Lipinski definition) is 0. The minimum Gasteiger partial charge on any atom is -0.399 e. The number of nitrogens with zero attached hydrogens (tertiary/aromatic N) is 3. The fraction of sp³-hybridized carbons (Fsp3) is 0.207. The van der Waals surface area contributed by atoms with E-state index in [1.807, 2.05) is 84.9 Å². The summed E-state index contributed by atoms with van der Waals surface area (Å²) in [7, 11) is -0.485. The Balaban J connectivity index is 1.66. The summed E-state index contributed by atoms with van der Waals surface area (Å²) in [5.41, 5.74) is 3.68. The van der Waals surface area contributed by atoms with Crippen LogP contribution in [0.4, 0.5) is 0 Å². The SMILES string of the molecule is C=Cc1ccc(B2OC(C)(C)C(C)(C)O2)cc1-c1nc(-c2ccccc2)nc(-c2ccccc2)n1. The van der Waals surface area contributed by atoms with Gasteiger partial charge in [0.05, 0.1) is 11.2 Å². The van der Waals surface area contributed by atoms with Crippen molar-refractivity contribution in [2.75, 3.05) is 0 Å². The third kappa shape index (κ3) is 4.43. The quantitative estimate of drug-likeness (QED) is 0.351. The predicted molar refractivity (Wildman–Crippen MR) is 142 cm³/mol. The molecule has 6 heteroatoms. The fourth-order valence-corrected chi connectivity index (χ4v) is 4.00. The zero-order valence-corrected chi connectivity index (χ0v) is 20.5. The molecule has 4 aromatic rings. The van der Waals surface area contributed by atoms with Crippen LogP contribution in [0.2, 0.25) is 0 Å². The van der Waals surface area contributed by atoms with Crippen molar-refractivity contribution in [1.82, 2.24) is 15.0 Å². The topological polar surface area (TPSA) is 57.1 Å². The van der Waals surface area contributed by atoms with Gasteiger partial charge in [0.25, 0.3) is 0 Å². The Morgan fingerprint density at radius 1 is 0.686 bits per heavy atom. The largest absolute Gasteiger partial charge is 0.494 e. The molecule has 0 radical (unpaired) electrons. The van der Waals surface area contributed by atoms with Crippen molar-refractivity contribution in [3.8, 4) is 34.2 Å². The Morgan fingerprint density at radius 3 is 1.66 bits per heavy atom. The zero-order chi connectivity index (χ0) is 24.6. The molecule has 0 N–H and O–H groups in total. The highest BCUT2D eigenvalue weighted by molar-refractivity contribution is 6.62. The van der Waals surface area contributed by atoms with E-state index < -0.39 is 18.3 Å². The normalized spacial score (nSPS) is 16.3. The molecule has 5 nitrogen and oxygen atoms in total. The van der Waals surface area contributed by atoms with E-state index >= 15 is 0 Å². The van der Waals surface area contributed by atoms with Crippen molar-refractivity contribution in [2.45, 2.75) is 38.9 Å². The van der Waals surface area contributed by atoms with Crippen LogP contribution in [0, 0.1) is 0 Å². The monoisotopic (exact) mass is 461 g/mol. The second kappa shape index (κ2) is 8.88. The van der Waals surface area contributed by atoms with Crippen LogP contribution >= 0.6 is 0 Å². The van der Waals surface area contributed by atoms with Gasteiger partial charge in [-0.1, -0.05) is 91.5 Å². The third-order valence-electron chi connectivity index (χ3n) is 6.76. The molecule has 0 unspecified atom stereocenters. The van der Waals surface area contributed by atoms with Gasteiger partial charge in [0.15, 0.2) is 17.5 Å². The second-order valence-electron chi connectivity index (χ2n) is 9.68. The lowest BCUT2D eigenvalue weighted by molar-refractivity contribution is 0.00578. The number of rotatable bonds is 5. The van der Waals surface area contributed by atoms with Gasteiger partial charge < -0.3 is 9.31 Å². The van der Waals surface area contributed by atoms with Crippen LogP contribution in [0.15, 0.2) is 85.4 Å². The van der Waals surface area contributed by atoms with Crippen LogP contribution in [0.25, 0.3) is 40.2 Å². The molecule has 0 spiro atoms.